The first-order chi connectivity index (χ1) is 7.14. The lowest BCUT2D eigenvalue weighted by atomic mass is 9.94. The van der Waals surface area contributed by atoms with Gasteiger partial charge in [0.15, 0.2) is 16.7 Å². The van der Waals surface area contributed by atoms with E-state index in [2.05, 4.69) is 16.0 Å². The summed E-state index contributed by atoms with van der Waals surface area (Å²) in [5.74, 6) is 0.262. The molecule has 3 heterocycles. The zero-order valence-corrected chi connectivity index (χ0v) is 8.90. The minimum absolute atomic E-state index is 0.00537. The van der Waals surface area contributed by atoms with Gasteiger partial charge in [-0.25, -0.2) is 0 Å². The fourth-order valence-corrected chi connectivity index (χ4v) is 3.10. The summed E-state index contributed by atoms with van der Waals surface area (Å²) >= 11 is 5.22. The van der Waals surface area contributed by atoms with Crippen LogP contribution in [0.5, 0.6) is 0 Å². The van der Waals surface area contributed by atoms with Gasteiger partial charge in [-0.15, -0.1) is 0 Å². The molecule has 3 aliphatic rings. The van der Waals surface area contributed by atoms with Gasteiger partial charge in [0, 0.05) is 13.1 Å². The molecular weight excluding hydrogens is 214 g/mol. The lowest BCUT2D eigenvalue weighted by molar-refractivity contribution is 0.0279. The smallest absolute Gasteiger partial charge is 0.190 e. The molecule has 3 fully saturated rings. The fourth-order valence-electron chi connectivity index (χ4n) is 2.78. The van der Waals surface area contributed by atoms with Gasteiger partial charge in [-0.3, -0.25) is 5.41 Å². The zero-order valence-electron chi connectivity index (χ0n) is 8.08. The summed E-state index contributed by atoms with van der Waals surface area (Å²) < 4.78 is 0. The largest absolute Gasteiger partial charge is 0.389 e. The van der Waals surface area contributed by atoms with Crippen molar-refractivity contribution in [1.82, 2.24) is 20.9 Å². The summed E-state index contributed by atoms with van der Waals surface area (Å²) in [5.41, 5.74) is -0.598. The van der Waals surface area contributed by atoms with Crippen LogP contribution in [0.15, 0.2) is 0 Å². The highest BCUT2D eigenvalue weighted by Crippen LogP contribution is 2.35. The minimum atomic E-state index is -0.598. The van der Waals surface area contributed by atoms with Crippen LogP contribution in [0.25, 0.3) is 0 Å². The van der Waals surface area contributed by atoms with E-state index in [4.69, 9.17) is 17.6 Å². The lowest BCUT2D eigenvalue weighted by Gasteiger charge is -2.45. The van der Waals surface area contributed by atoms with Crippen molar-refractivity contribution < 1.29 is 5.11 Å². The summed E-state index contributed by atoms with van der Waals surface area (Å²) in [6, 6.07) is -0.00537. The Labute approximate surface area is 92.5 Å². The first-order valence-corrected chi connectivity index (χ1v) is 5.42. The van der Waals surface area contributed by atoms with Crippen LogP contribution < -0.4 is 16.0 Å². The highest BCUT2D eigenvalue weighted by atomic mass is 32.1. The van der Waals surface area contributed by atoms with Gasteiger partial charge in [-0.2, -0.15) is 0 Å². The van der Waals surface area contributed by atoms with Crippen molar-refractivity contribution in [2.45, 2.75) is 24.2 Å². The molecule has 3 saturated heterocycles. The van der Waals surface area contributed by atoms with Crippen molar-refractivity contribution in [3.63, 3.8) is 0 Å². The summed E-state index contributed by atoms with van der Waals surface area (Å²) in [6.45, 7) is 1.37. The molecule has 0 radical (unpaired) electrons. The van der Waals surface area contributed by atoms with E-state index in [-0.39, 0.29) is 12.0 Å². The van der Waals surface area contributed by atoms with Gasteiger partial charge in [0.1, 0.15) is 0 Å². The Balaban J connectivity index is 2.05. The van der Waals surface area contributed by atoms with E-state index in [1.807, 2.05) is 4.90 Å². The number of guanidine groups is 1. The molecule has 0 aromatic heterocycles. The van der Waals surface area contributed by atoms with Crippen LogP contribution in [-0.2, 0) is 0 Å². The number of nitrogens with one attached hydrogen (secondary N) is 4. The maximum atomic E-state index is 10.1. The van der Waals surface area contributed by atoms with E-state index in [9.17, 15) is 5.11 Å². The summed E-state index contributed by atoms with van der Waals surface area (Å²) in [7, 11) is 0. The molecule has 82 valence electrons. The van der Waals surface area contributed by atoms with E-state index in [0.717, 1.165) is 6.54 Å². The van der Waals surface area contributed by atoms with Gasteiger partial charge in [0.2, 0.25) is 0 Å². The molecule has 7 heteroatoms. The average Bonchev–Trinajstić information content (AvgIpc) is 2.68. The van der Waals surface area contributed by atoms with Crippen molar-refractivity contribution in [1.29, 1.82) is 5.41 Å². The molecule has 1 unspecified atom stereocenters. The Morgan fingerprint density at radius 2 is 2.40 bits per heavy atom. The van der Waals surface area contributed by atoms with E-state index in [0.29, 0.717) is 18.1 Å². The molecule has 15 heavy (non-hydrogen) atoms. The molecule has 0 aliphatic carbocycles. The molecule has 0 aromatic carbocycles. The Morgan fingerprint density at radius 3 is 3.20 bits per heavy atom. The van der Waals surface area contributed by atoms with Crippen LogP contribution in [0, 0.1) is 5.41 Å². The van der Waals surface area contributed by atoms with Crippen molar-refractivity contribution in [3.05, 3.63) is 0 Å². The predicted octanol–water partition coefficient (Wildman–Crippen LogP) is -1.87. The Morgan fingerprint density at radius 1 is 1.60 bits per heavy atom. The SMILES string of the molecule is N=C1NC2CNC(=S)N3CC[C@@H](O)[C@]23N1. The minimum Gasteiger partial charge on any atom is -0.389 e. The molecule has 3 rings (SSSR count). The third kappa shape index (κ3) is 0.967. The Hall–Kier alpha value is -1.08. The van der Waals surface area contributed by atoms with Crippen LogP contribution in [0.4, 0.5) is 0 Å². The van der Waals surface area contributed by atoms with Gasteiger partial charge in [0.05, 0.1) is 12.1 Å². The maximum absolute atomic E-state index is 10.1. The first kappa shape index (κ1) is 9.17. The second-order valence-electron chi connectivity index (χ2n) is 4.16. The average molecular weight is 227 g/mol. The van der Waals surface area contributed by atoms with Crippen LogP contribution in [0.3, 0.4) is 0 Å². The lowest BCUT2D eigenvalue weighted by Crippen LogP contribution is -2.73. The van der Waals surface area contributed by atoms with Gasteiger partial charge in [-0.05, 0) is 18.6 Å². The highest BCUT2D eigenvalue weighted by molar-refractivity contribution is 7.80. The summed E-state index contributed by atoms with van der Waals surface area (Å²) in [6.07, 6.45) is 0.193. The van der Waals surface area contributed by atoms with Gasteiger partial charge in [-0.1, -0.05) is 0 Å². The number of aliphatic hydroxyl groups excluding tert-OH is 1. The van der Waals surface area contributed by atoms with E-state index in [1.165, 1.54) is 0 Å². The molecule has 0 aromatic rings. The Bertz CT molecular complexity index is 348. The topological polar surface area (TPSA) is 83.4 Å². The van der Waals surface area contributed by atoms with Gasteiger partial charge < -0.3 is 26.0 Å². The summed E-state index contributed by atoms with van der Waals surface area (Å²) in [4.78, 5) is 1.95. The van der Waals surface area contributed by atoms with Crippen LogP contribution in [0.1, 0.15) is 6.42 Å². The molecule has 6 nitrogen and oxygen atoms in total. The van der Waals surface area contributed by atoms with Crippen LogP contribution >= 0.6 is 12.2 Å². The highest BCUT2D eigenvalue weighted by Gasteiger charge is 2.60. The number of nitrogens with zero attached hydrogens (tertiary/aromatic N) is 1. The second kappa shape index (κ2) is 2.73. The zero-order chi connectivity index (χ0) is 10.6. The summed E-state index contributed by atoms with van der Waals surface area (Å²) in [5, 5.41) is 27.5. The van der Waals surface area contributed by atoms with E-state index < -0.39 is 11.8 Å². The number of rotatable bonds is 0. The van der Waals surface area contributed by atoms with Crippen molar-refractivity contribution in [2.24, 2.45) is 0 Å². The molecule has 3 atom stereocenters. The standard InChI is InChI=1S/C8H13N5OS/c9-6-11-4-3-10-7(15)13-2-1-5(14)8(4,13)12-6/h4-5,14H,1-3H2,(H,10,15)(H3,9,11,12)/t4?,5-,8+/m1/s1. The predicted molar refractivity (Wildman–Crippen MR) is 58.4 cm³/mol. The maximum Gasteiger partial charge on any atom is 0.190 e. The molecule has 5 N–H and O–H groups in total. The molecule has 0 saturated carbocycles. The molecule has 3 aliphatic heterocycles. The van der Waals surface area contributed by atoms with Gasteiger partial charge in [0.25, 0.3) is 0 Å². The normalized spacial score (nSPS) is 42.9. The monoisotopic (exact) mass is 227 g/mol. The third-order valence-corrected chi connectivity index (χ3v) is 3.82. The van der Waals surface area contributed by atoms with E-state index in [1.54, 1.807) is 0 Å². The fraction of sp³-hybridized carbons (Fsp3) is 0.750. The quantitative estimate of drug-likeness (QED) is 0.312. The molecular formula is C8H13N5OS. The number of hydrogen-bond acceptors (Lipinski definition) is 3. The third-order valence-electron chi connectivity index (χ3n) is 3.46. The van der Waals surface area contributed by atoms with E-state index >= 15 is 0 Å². The molecule has 1 spiro atoms. The molecule has 0 bridgehead atoms. The molecule has 0 amide bonds. The van der Waals surface area contributed by atoms with Crippen molar-refractivity contribution in [3.8, 4) is 0 Å². The van der Waals surface area contributed by atoms with Crippen molar-refractivity contribution in [2.75, 3.05) is 13.1 Å². The van der Waals surface area contributed by atoms with Crippen LogP contribution in [-0.4, -0.2) is 52.0 Å². The second-order valence-corrected chi connectivity index (χ2v) is 4.55. The van der Waals surface area contributed by atoms with Crippen LogP contribution in [0.2, 0.25) is 0 Å². The number of aliphatic hydroxyl groups is 1. The number of hydrogen-bond donors (Lipinski definition) is 5. The van der Waals surface area contributed by atoms with Crippen molar-refractivity contribution >= 4 is 23.3 Å². The first-order valence-electron chi connectivity index (χ1n) is 5.01. The number of thiocarbonyl (C=S) groups is 1. The Kier molecular flexibility index (Phi) is 1.67. The van der Waals surface area contributed by atoms with Gasteiger partial charge >= 0.3 is 0 Å².